The zero-order valence-corrected chi connectivity index (χ0v) is 12.0. The van der Waals surface area contributed by atoms with Crippen molar-refractivity contribution < 1.29 is 4.74 Å². The molecule has 2 aromatic rings. The molecule has 2 aromatic carbocycles. The second kappa shape index (κ2) is 7.00. The van der Waals surface area contributed by atoms with Crippen LogP contribution in [-0.2, 0) is 0 Å². The minimum absolute atomic E-state index is 0.0422. The lowest BCUT2D eigenvalue weighted by molar-refractivity contribution is 0.370. The smallest absolute Gasteiger partial charge is 0.149 e. The number of hydrogen-bond donors (Lipinski definition) is 1. The number of halogens is 1. The Labute approximate surface area is 124 Å². The molecule has 2 rings (SSSR count). The summed E-state index contributed by atoms with van der Waals surface area (Å²) in [6.45, 7) is 2.21. The summed E-state index contributed by atoms with van der Waals surface area (Å²) in [4.78, 5) is 0. The summed E-state index contributed by atoms with van der Waals surface area (Å²) >= 11 is 6.14. The van der Waals surface area contributed by atoms with Crippen molar-refractivity contribution in [1.82, 2.24) is 0 Å². The Morgan fingerprint density at radius 3 is 2.60 bits per heavy atom. The maximum absolute atomic E-state index is 6.14. The van der Waals surface area contributed by atoms with E-state index >= 15 is 0 Å². The van der Waals surface area contributed by atoms with Crippen LogP contribution in [0.15, 0.2) is 48.5 Å². The normalized spacial score (nSPS) is 11.3. The Bertz CT molecular complexity index is 626. The highest BCUT2D eigenvalue weighted by Gasteiger charge is 2.05. The van der Waals surface area contributed by atoms with Gasteiger partial charge in [0.25, 0.3) is 0 Å². The summed E-state index contributed by atoms with van der Waals surface area (Å²) in [5.74, 6) is 6.61. The van der Waals surface area contributed by atoms with Gasteiger partial charge in [-0.25, -0.2) is 0 Å². The van der Waals surface area contributed by atoms with Gasteiger partial charge in [0.2, 0.25) is 0 Å². The summed E-state index contributed by atoms with van der Waals surface area (Å²) in [6, 6.07) is 15.3. The third-order valence-electron chi connectivity index (χ3n) is 2.79. The first-order chi connectivity index (χ1) is 9.66. The highest BCUT2D eigenvalue weighted by molar-refractivity contribution is 6.32. The van der Waals surface area contributed by atoms with Crippen molar-refractivity contribution in [3.05, 3.63) is 64.7 Å². The Morgan fingerprint density at radius 1 is 1.20 bits per heavy atom. The first-order valence-corrected chi connectivity index (χ1v) is 6.76. The highest BCUT2D eigenvalue weighted by atomic mass is 35.5. The van der Waals surface area contributed by atoms with E-state index in [1.165, 1.54) is 0 Å². The minimum atomic E-state index is -0.0422. The van der Waals surface area contributed by atoms with E-state index in [0.717, 1.165) is 11.1 Å². The quantitative estimate of drug-likeness (QED) is 0.871. The number of hydrogen-bond acceptors (Lipinski definition) is 2. The zero-order valence-electron chi connectivity index (χ0n) is 11.3. The largest absolute Gasteiger partial charge is 0.479 e. The molecule has 20 heavy (non-hydrogen) atoms. The zero-order chi connectivity index (χ0) is 14.4. The van der Waals surface area contributed by atoms with E-state index in [-0.39, 0.29) is 6.04 Å². The van der Waals surface area contributed by atoms with Gasteiger partial charge >= 0.3 is 0 Å². The standard InChI is InChI=1S/C17H16ClNO/c1-13(19)15-9-10-17(16(18)12-15)20-11-5-8-14-6-3-2-4-7-14/h2-4,6-7,9-10,12-13H,11,19H2,1H3. The Balaban J connectivity index is 1.97. The number of ether oxygens (including phenoxy) is 1. The molecule has 3 heteroatoms. The summed E-state index contributed by atoms with van der Waals surface area (Å²) in [5.41, 5.74) is 7.75. The summed E-state index contributed by atoms with van der Waals surface area (Å²) < 4.78 is 5.55. The van der Waals surface area contributed by atoms with Crippen LogP contribution in [0.4, 0.5) is 0 Å². The number of nitrogens with two attached hydrogens (primary N) is 1. The lowest BCUT2D eigenvalue weighted by Crippen LogP contribution is -2.05. The molecule has 0 radical (unpaired) electrons. The molecule has 0 spiro atoms. The van der Waals surface area contributed by atoms with Gasteiger partial charge in [-0.15, -0.1) is 0 Å². The molecule has 0 heterocycles. The van der Waals surface area contributed by atoms with Crippen molar-refractivity contribution in [2.24, 2.45) is 5.73 Å². The second-order valence-electron chi connectivity index (χ2n) is 4.44. The van der Waals surface area contributed by atoms with Crippen molar-refractivity contribution in [3.63, 3.8) is 0 Å². The molecule has 1 unspecified atom stereocenters. The maximum atomic E-state index is 6.14. The molecule has 0 saturated carbocycles. The maximum Gasteiger partial charge on any atom is 0.149 e. The van der Waals surface area contributed by atoms with Crippen molar-refractivity contribution in [2.75, 3.05) is 6.61 Å². The average molecular weight is 286 g/mol. The van der Waals surface area contributed by atoms with Gasteiger partial charge in [0.15, 0.2) is 0 Å². The molecule has 0 fully saturated rings. The first kappa shape index (κ1) is 14.5. The van der Waals surface area contributed by atoms with E-state index in [0.29, 0.717) is 17.4 Å². The lowest BCUT2D eigenvalue weighted by Gasteiger charge is -2.09. The third-order valence-corrected chi connectivity index (χ3v) is 3.08. The van der Waals surface area contributed by atoms with Crippen LogP contribution in [0.1, 0.15) is 24.1 Å². The Morgan fingerprint density at radius 2 is 1.95 bits per heavy atom. The topological polar surface area (TPSA) is 35.2 Å². The average Bonchev–Trinajstić information content (AvgIpc) is 2.46. The fraction of sp³-hybridized carbons (Fsp3) is 0.176. The summed E-state index contributed by atoms with van der Waals surface area (Å²) in [7, 11) is 0. The number of benzene rings is 2. The van der Waals surface area contributed by atoms with Gasteiger partial charge in [-0.1, -0.05) is 47.7 Å². The van der Waals surface area contributed by atoms with Crippen LogP contribution >= 0.6 is 11.6 Å². The van der Waals surface area contributed by atoms with Crippen LogP contribution in [0.25, 0.3) is 0 Å². The lowest BCUT2D eigenvalue weighted by atomic mass is 10.1. The van der Waals surface area contributed by atoms with Crippen molar-refractivity contribution in [2.45, 2.75) is 13.0 Å². The highest BCUT2D eigenvalue weighted by Crippen LogP contribution is 2.27. The summed E-state index contributed by atoms with van der Waals surface area (Å²) in [6.07, 6.45) is 0. The van der Waals surface area contributed by atoms with Crippen LogP contribution in [0.2, 0.25) is 5.02 Å². The van der Waals surface area contributed by atoms with E-state index in [2.05, 4.69) is 11.8 Å². The molecule has 0 aromatic heterocycles. The van der Waals surface area contributed by atoms with E-state index < -0.39 is 0 Å². The molecule has 2 N–H and O–H groups in total. The molecule has 102 valence electrons. The monoisotopic (exact) mass is 285 g/mol. The molecule has 0 bridgehead atoms. The van der Waals surface area contributed by atoms with Gasteiger partial charge in [0.05, 0.1) is 5.02 Å². The predicted octanol–water partition coefficient (Wildman–Crippen LogP) is 3.79. The minimum Gasteiger partial charge on any atom is -0.479 e. The fourth-order valence-electron chi connectivity index (χ4n) is 1.69. The predicted molar refractivity (Wildman–Crippen MR) is 82.9 cm³/mol. The Hall–Kier alpha value is -1.95. The van der Waals surface area contributed by atoms with Crippen LogP contribution in [0.5, 0.6) is 5.75 Å². The van der Waals surface area contributed by atoms with E-state index in [4.69, 9.17) is 22.1 Å². The van der Waals surface area contributed by atoms with Gasteiger partial charge < -0.3 is 10.5 Å². The fourth-order valence-corrected chi connectivity index (χ4v) is 1.93. The molecule has 0 aliphatic carbocycles. The Kier molecular flexibility index (Phi) is 5.06. The molecule has 0 saturated heterocycles. The van der Waals surface area contributed by atoms with Crippen molar-refractivity contribution >= 4 is 11.6 Å². The molecular formula is C17H16ClNO. The third kappa shape index (κ3) is 4.03. The van der Waals surface area contributed by atoms with E-state index in [9.17, 15) is 0 Å². The SMILES string of the molecule is CC(N)c1ccc(OCC#Cc2ccccc2)c(Cl)c1. The summed E-state index contributed by atoms with van der Waals surface area (Å²) in [5, 5.41) is 0.557. The van der Waals surface area contributed by atoms with Crippen molar-refractivity contribution in [1.29, 1.82) is 0 Å². The molecule has 1 atom stereocenters. The number of rotatable bonds is 3. The first-order valence-electron chi connectivity index (χ1n) is 6.38. The van der Waals surface area contributed by atoms with Crippen LogP contribution in [0, 0.1) is 11.8 Å². The molecule has 0 amide bonds. The second-order valence-corrected chi connectivity index (χ2v) is 4.84. The van der Waals surface area contributed by atoms with Gasteiger partial charge in [0.1, 0.15) is 12.4 Å². The van der Waals surface area contributed by atoms with Crippen LogP contribution < -0.4 is 10.5 Å². The van der Waals surface area contributed by atoms with Crippen LogP contribution in [-0.4, -0.2) is 6.61 Å². The van der Waals surface area contributed by atoms with Gasteiger partial charge in [-0.3, -0.25) is 0 Å². The molecule has 2 nitrogen and oxygen atoms in total. The van der Waals surface area contributed by atoms with E-state index in [1.54, 1.807) is 0 Å². The molecule has 0 aliphatic heterocycles. The van der Waals surface area contributed by atoms with Gasteiger partial charge in [-0.2, -0.15) is 0 Å². The van der Waals surface area contributed by atoms with E-state index in [1.807, 2.05) is 55.5 Å². The molecule has 0 aliphatic rings. The van der Waals surface area contributed by atoms with Gasteiger partial charge in [-0.05, 0) is 36.8 Å². The van der Waals surface area contributed by atoms with Crippen molar-refractivity contribution in [3.8, 4) is 17.6 Å². The van der Waals surface area contributed by atoms with Gasteiger partial charge in [0, 0.05) is 11.6 Å². The molecular weight excluding hydrogens is 270 g/mol. The van der Waals surface area contributed by atoms with Crippen LogP contribution in [0.3, 0.4) is 0 Å².